The van der Waals surface area contributed by atoms with Crippen molar-refractivity contribution in [3.05, 3.63) is 36.3 Å². The number of carbonyl (C=O) groups is 1. The van der Waals surface area contributed by atoms with Crippen molar-refractivity contribution in [1.82, 2.24) is 29.7 Å². The summed E-state index contributed by atoms with van der Waals surface area (Å²) in [5.41, 5.74) is 2.75. The van der Waals surface area contributed by atoms with Crippen LogP contribution in [0.1, 0.15) is 69.3 Å². The zero-order chi connectivity index (χ0) is 25.2. The predicted octanol–water partition coefficient (Wildman–Crippen LogP) is 4.04. The second kappa shape index (κ2) is 8.41. The van der Waals surface area contributed by atoms with Gasteiger partial charge in [0.05, 0.1) is 17.4 Å². The van der Waals surface area contributed by atoms with Gasteiger partial charge in [0.1, 0.15) is 17.2 Å². The number of fused-ring (bicyclic) bond motifs is 4. The minimum absolute atomic E-state index is 0.0258. The van der Waals surface area contributed by atoms with Gasteiger partial charge >= 0.3 is 0 Å². The maximum atomic E-state index is 12.7. The van der Waals surface area contributed by atoms with Gasteiger partial charge in [0.15, 0.2) is 0 Å². The number of nitrogens with one attached hydrogen (secondary N) is 2. The number of piperazine rings is 1. The summed E-state index contributed by atoms with van der Waals surface area (Å²) in [5.74, 6) is 1.20. The van der Waals surface area contributed by atoms with E-state index in [2.05, 4.69) is 49.9 Å². The number of hydrogen-bond acceptors (Lipinski definition) is 7. The summed E-state index contributed by atoms with van der Waals surface area (Å²) in [6.45, 7) is 8.53. The first-order valence-electron chi connectivity index (χ1n) is 13.8. The van der Waals surface area contributed by atoms with E-state index in [1.54, 1.807) is 0 Å². The molecule has 3 aromatic heterocycles. The van der Waals surface area contributed by atoms with Gasteiger partial charge in [0, 0.05) is 49.3 Å². The van der Waals surface area contributed by atoms with Crippen LogP contribution in [0.25, 0.3) is 11.0 Å². The lowest BCUT2D eigenvalue weighted by Gasteiger charge is -2.48. The first kappa shape index (κ1) is 23.0. The van der Waals surface area contributed by atoms with Crippen molar-refractivity contribution in [2.45, 2.75) is 75.9 Å². The normalized spacial score (nSPS) is 23.2. The van der Waals surface area contributed by atoms with Gasteiger partial charge in [-0.1, -0.05) is 19.3 Å². The number of pyridine rings is 1. The van der Waals surface area contributed by atoms with Crippen LogP contribution in [0.4, 0.5) is 17.5 Å². The molecule has 4 aliphatic rings. The molecule has 2 N–H and O–H groups in total. The van der Waals surface area contributed by atoms with Crippen LogP contribution in [0.3, 0.4) is 0 Å². The lowest BCUT2D eigenvalue weighted by molar-refractivity contribution is 0.0833. The smallest absolute Gasteiger partial charge is 0.268 e. The van der Waals surface area contributed by atoms with Gasteiger partial charge in [-0.05, 0) is 57.7 Å². The van der Waals surface area contributed by atoms with Crippen molar-refractivity contribution in [1.29, 1.82) is 0 Å². The molecular weight excluding hydrogens is 464 g/mol. The lowest BCUT2D eigenvalue weighted by atomic mass is 9.80. The molecule has 0 aromatic carbocycles. The zero-order valence-corrected chi connectivity index (χ0v) is 21.8. The highest BCUT2D eigenvalue weighted by molar-refractivity contribution is 5.99. The summed E-state index contributed by atoms with van der Waals surface area (Å²) < 4.78 is 2.20. The van der Waals surface area contributed by atoms with Gasteiger partial charge in [-0.2, -0.15) is 4.98 Å². The maximum absolute atomic E-state index is 12.7. The molecule has 0 bridgehead atoms. The average Bonchev–Trinajstić information content (AvgIpc) is 3.65. The fourth-order valence-electron chi connectivity index (χ4n) is 6.93. The molecule has 0 atom stereocenters. The summed E-state index contributed by atoms with van der Waals surface area (Å²) in [7, 11) is 0. The molecule has 9 heteroatoms. The number of carbonyl (C=O) groups excluding carboxylic acids is 1. The van der Waals surface area contributed by atoms with E-state index in [9.17, 15) is 4.79 Å². The number of rotatable bonds is 4. The topological polar surface area (TPSA) is 91.2 Å². The molecule has 3 aromatic rings. The third kappa shape index (κ3) is 3.95. The van der Waals surface area contributed by atoms with Crippen LogP contribution in [0.5, 0.6) is 0 Å². The van der Waals surface area contributed by atoms with Crippen LogP contribution in [0, 0.1) is 0 Å². The SMILES string of the molecule is CC1(C)CN(c2ccc(Nc3ncc4cc5n(c4n3)C3(CCCCC3)CNC5=O)nc2)CCN1C1CC1. The molecule has 0 radical (unpaired) electrons. The average molecular weight is 501 g/mol. The van der Waals surface area contributed by atoms with E-state index >= 15 is 0 Å². The Balaban J connectivity index is 1.13. The summed E-state index contributed by atoms with van der Waals surface area (Å²) in [6, 6.07) is 6.86. The molecule has 5 heterocycles. The third-order valence-electron chi connectivity index (χ3n) is 8.92. The minimum Gasteiger partial charge on any atom is -0.367 e. The molecule has 194 valence electrons. The molecule has 1 saturated heterocycles. The summed E-state index contributed by atoms with van der Waals surface area (Å²) in [5, 5.41) is 7.32. The van der Waals surface area contributed by atoms with E-state index in [4.69, 9.17) is 9.97 Å². The van der Waals surface area contributed by atoms with E-state index in [0.29, 0.717) is 18.2 Å². The Hall–Kier alpha value is -3.20. The van der Waals surface area contributed by atoms with E-state index in [1.807, 2.05) is 24.5 Å². The second-order valence-corrected chi connectivity index (χ2v) is 12.0. The van der Waals surface area contributed by atoms with Gasteiger partial charge in [-0.3, -0.25) is 9.69 Å². The van der Waals surface area contributed by atoms with Crippen molar-refractivity contribution in [2.24, 2.45) is 0 Å². The molecule has 2 aliphatic carbocycles. The fraction of sp³-hybridized carbons (Fsp3) is 0.571. The predicted molar refractivity (Wildman–Crippen MR) is 144 cm³/mol. The molecule has 2 aliphatic heterocycles. The Kier molecular flexibility index (Phi) is 5.22. The standard InChI is InChI=1S/C28H36N8O/c1-27(2)18-34(12-13-35(27)20-6-7-20)21-8-9-23(29-16-21)32-26-30-15-19-14-22-25(37)31-17-28(10-4-3-5-11-28)36(22)24(19)33-26/h8-9,14-16,20H,3-7,10-13,17-18H2,1-2H3,(H,31,37)(H,29,30,32,33). The lowest BCUT2D eigenvalue weighted by Crippen LogP contribution is -2.60. The van der Waals surface area contributed by atoms with Crippen LogP contribution in [-0.2, 0) is 5.54 Å². The van der Waals surface area contributed by atoms with Crippen LogP contribution in [0.2, 0.25) is 0 Å². The van der Waals surface area contributed by atoms with Gasteiger partial charge in [-0.25, -0.2) is 9.97 Å². The molecule has 9 nitrogen and oxygen atoms in total. The van der Waals surface area contributed by atoms with Crippen molar-refractivity contribution < 1.29 is 4.79 Å². The number of anilines is 3. The van der Waals surface area contributed by atoms with Crippen molar-refractivity contribution in [3.63, 3.8) is 0 Å². The van der Waals surface area contributed by atoms with Crippen LogP contribution in [-0.4, -0.2) is 68.1 Å². The van der Waals surface area contributed by atoms with E-state index in [1.165, 1.54) is 32.1 Å². The Morgan fingerprint density at radius 2 is 1.89 bits per heavy atom. The third-order valence-corrected chi connectivity index (χ3v) is 8.92. The van der Waals surface area contributed by atoms with Crippen LogP contribution >= 0.6 is 0 Å². The largest absolute Gasteiger partial charge is 0.367 e. The quantitative estimate of drug-likeness (QED) is 0.559. The number of amides is 1. The van der Waals surface area contributed by atoms with Gasteiger partial charge < -0.3 is 20.1 Å². The fourth-order valence-corrected chi connectivity index (χ4v) is 6.93. The highest BCUT2D eigenvalue weighted by Crippen LogP contribution is 2.40. The number of nitrogens with zero attached hydrogens (tertiary/aromatic N) is 6. The van der Waals surface area contributed by atoms with Gasteiger partial charge in [-0.15, -0.1) is 0 Å². The number of hydrogen-bond donors (Lipinski definition) is 2. The van der Waals surface area contributed by atoms with E-state index in [0.717, 1.165) is 61.1 Å². The Morgan fingerprint density at radius 1 is 1.05 bits per heavy atom. The highest BCUT2D eigenvalue weighted by atomic mass is 16.2. The summed E-state index contributed by atoms with van der Waals surface area (Å²) in [4.78, 5) is 32.0. The van der Waals surface area contributed by atoms with Crippen LogP contribution < -0.4 is 15.5 Å². The highest BCUT2D eigenvalue weighted by Gasteiger charge is 2.43. The van der Waals surface area contributed by atoms with Crippen LogP contribution in [0.15, 0.2) is 30.6 Å². The summed E-state index contributed by atoms with van der Waals surface area (Å²) in [6.07, 6.45) is 12.2. The first-order chi connectivity index (χ1) is 17.9. The molecule has 2 saturated carbocycles. The Morgan fingerprint density at radius 3 is 2.62 bits per heavy atom. The first-order valence-corrected chi connectivity index (χ1v) is 13.8. The second-order valence-electron chi connectivity index (χ2n) is 12.0. The van der Waals surface area contributed by atoms with E-state index in [-0.39, 0.29) is 17.0 Å². The zero-order valence-electron chi connectivity index (χ0n) is 21.8. The van der Waals surface area contributed by atoms with Gasteiger partial charge in [0.2, 0.25) is 5.95 Å². The Labute approximate surface area is 217 Å². The monoisotopic (exact) mass is 500 g/mol. The van der Waals surface area contributed by atoms with Crippen molar-refractivity contribution in [3.8, 4) is 0 Å². The maximum Gasteiger partial charge on any atom is 0.268 e. The molecule has 3 fully saturated rings. The molecular formula is C28H36N8O. The number of aromatic nitrogens is 4. The summed E-state index contributed by atoms with van der Waals surface area (Å²) >= 11 is 0. The molecule has 0 unspecified atom stereocenters. The van der Waals surface area contributed by atoms with Crippen molar-refractivity contribution >= 4 is 34.4 Å². The molecule has 1 spiro atoms. The van der Waals surface area contributed by atoms with Crippen molar-refractivity contribution in [2.75, 3.05) is 36.4 Å². The molecule has 7 rings (SSSR count). The molecule has 1 amide bonds. The molecule has 37 heavy (non-hydrogen) atoms. The van der Waals surface area contributed by atoms with Gasteiger partial charge in [0.25, 0.3) is 5.91 Å². The van der Waals surface area contributed by atoms with E-state index < -0.39 is 0 Å². The Bertz CT molecular complexity index is 1340. The minimum atomic E-state index is -0.0912.